The molecule has 2 aromatic carbocycles. The van der Waals surface area contributed by atoms with Gasteiger partial charge in [0.2, 0.25) is 0 Å². The van der Waals surface area contributed by atoms with Crippen LogP contribution in [0, 0.1) is 5.82 Å². The minimum atomic E-state index is -3.24. The van der Waals surface area contributed by atoms with Gasteiger partial charge in [-0.05, 0) is 54.7 Å². The fourth-order valence-corrected chi connectivity index (χ4v) is 2.73. The Morgan fingerprint density at radius 3 is 2.32 bits per heavy atom. The molecule has 2 aromatic rings. The molecular weight excluding hydrogens is 347 g/mol. The quantitative estimate of drug-likeness (QED) is 0.819. The Kier molecular flexibility index (Phi) is 5.00. The Hall–Kier alpha value is -1.70. The molecular formula is C14H12ClFN2O2S2. The molecule has 0 aliphatic carbocycles. The molecule has 0 unspecified atom stereocenters. The summed E-state index contributed by atoms with van der Waals surface area (Å²) in [5.41, 5.74) is 1.08. The van der Waals surface area contributed by atoms with Crippen molar-refractivity contribution in [2.75, 3.05) is 16.9 Å². The van der Waals surface area contributed by atoms with Crippen molar-refractivity contribution in [3.63, 3.8) is 0 Å². The number of hydrogen-bond donors (Lipinski definition) is 2. The molecule has 2 rings (SSSR count). The van der Waals surface area contributed by atoms with E-state index in [2.05, 4.69) is 10.6 Å². The third-order valence-corrected chi connectivity index (χ3v) is 4.36. The molecule has 4 nitrogen and oxygen atoms in total. The van der Waals surface area contributed by atoms with Crippen LogP contribution < -0.4 is 10.6 Å². The molecule has 0 heterocycles. The largest absolute Gasteiger partial charge is 0.332 e. The fraction of sp³-hybridized carbons (Fsp3) is 0.0714. The van der Waals surface area contributed by atoms with Crippen molar-refractivity contribution in [3.05, 3.63) is 53.3 Å². The van der Waals surface area contributed by atoms with Gasteiger partial charge in [0, 0.05) is 11.9 Å². The first-order valence-electron chi connectivity index (χ1n) is 6.09. The van der Waals surface area contributed by atoms with Crippen LogP contribution in [0.2, 0.25) is 5.02 Å². The van der Waals surface area contributed by atoms with Gasteiger partial charge in [-0.1, -0.05) is 11.6 Å². The average molecular weight is 359 g/mol. The zero-order valence-corrected chi connectivity index (χ0v) is 13.8. The third kappa shape index (κ3) is 4.40. The van der Waals surface area contributed by atoms with Crippen LogP contribution in [0.1, 0.15) is 0 Å². The Labute approximate surface area is 138 Å². The van der Waals surface area contributed by atoms with E-state index in [9.17, 15) is 12.8 Å². The minimum Gasteiger partial charge on any atom is -0.332 e. The molecule has 22 heavy (non-hydrogen) atoms. The molecule has 0 atom stereocenters. The second-order valence-electron chi connectivity index (χ2n) is 4.50. The highest BCUT2D eigenvalue weighted by atomic mass is 35.5. The number of benzene rings is 2. The smallest absolute Gasteiger partial charge is 0.175 e. The van der Waals surface area contributed by atoms with E-state index in [4.69, 9.17) is 23.8 Å². The Balaban J connectivity index is 2.06. The maximum Gasteiger partial charge on any atom is 0.175 e. The number of sulfone groups is 1. The first-order chi connectivity index (χ1) is 10.3. The second kappa shape index (κ2) is 6.60. The Morgan fingerprint density at radius 2 is 1.77 bits per heavy atom. The van der Waals surface area contributed by atoms with Crippen LogP contribution in [-0.4, -0.2) is 19.8 Å². The lowest BCUT2D eigenvalue weighted by Gasteiger charge is -2.12. The van der Waals surface area contributed by atoms with Crippen LogP contribution >= 0.6 is 23.8 Å². The van der Waals surface area contributed by atoms with Gasteiger partial charge in [-0.2, -0.15) is 0 Å². The molecule has 0 fully saturated rings. The van der Waals surface area contributed by atoms with Crippen LogP contribution in [0.5, 0.6) is 0 Å². The van der Waals surface area contributed by atoms with Crippen molar-refractivity contribution in [2.24, 2.45) is 0 Å². The minimum absolute atomic E-state index is 0.205. The van der Waals surface area contributed by atoms with E-state index in [0.717, 1.165) is 6.26 Å². The predicted octanol–water partition coefficient (Wildman–Crippen LogP) is 3.69. The van der Waals surface area contributed by atoms with Crippen molar-refractivity contribution in [3.8, 4) is 0 Å². The summed E-state index contributed by atoms with van der Waals surface area (Å²) in [5.74, 6) is -0.439. The Morgan fingerprint density at radius 1 is 1.14 bits per heavy atom. The summed E-state index contributed by atoms with van der Waals surface area (Å²) in [4.78, 5) is 0.221. The summed E-state index contributed by atoms with van der Waals surface area (Å²) in [5, 5.41) is 6.17. The molecule has 0 amide bonds. The molecule has 0 aliphatic heterocycles. The molecule has 8 heteroatoms. The highest BCUT2D eigenvalue weighted by molar-refractivity contribution is 7.90. The lowest BCUT2D eigenvalue weighted by atomic mass is 10.3. The molecule has 2 N–H and O–H groups in total. The van der Waals surface area contributed by atoms with E-state index < -0.39 is 15.7 Å². The van der Waals surface area contributed by atoms with Gasteiger partial charge in [0.25, 0.3) is 0 Å². The van der Waals surface area contributed by atoms with Crippen molar-refractivity contribution in [1.29, 1.82) is 0 Å². The molecule has 0 aliphatic rings. The first-order valence-corrected chi connectivity index (χ1v) is 8.76. The number of nitrogens with one attached hydrogen (secondary N) is 2. The van der Waals surface area contributed by atoms with Crippen molar-refractivity contribution in [2.45, 2.75) is 4.90 Å². The van der Waals surface area contributed by atoms with Gasteiger partial charge in [-0.3, -0.25) is 0 Å². The van der Waals surface area contributed by atoms with Gasteiger partial charge in [0.05, 0.1) is 15.6 Å². The average Bonchev–Trinajstić information content (AvgIpc) is 2.41. The molecule has 0 aromatic heterocycles. The van der Waals surface area contributed by atoms with Crippen LogP contribution in [-0.2, 0) is 9.84 Å². The monoisotopic (exact) mass is 358 g/mol. The summed E-state index contributed by atoms with van der Waals surface area (Å²) in [6, 6.07) is 10.0. The maximum absolute atomic E-state index is 13.0. The number of anilines is 2. The number of rotatable bonds is 3. The zero-order valence-electron chi connectivity index (χ0n) is 11.4. The highest BCUT2D eigenvalue weighted by Crippen LogP contribution is 2.22. The van der Waals surface area contributed by atoms with Crippen molar-refractivity contribution < 1.29 is 12.8 Å². The van der Waals surface area contributed by atoms with Gasteiger partial charge in [0.15, 0.2) is 14.9 Å². The SMILES string of the molecule is CS(=O)(=O)c1ccc(NC(=S)Nc2ccc(F)cc2Cl)cc1. The summed E-state index contributed by atoms with van der Waals surface area (Å²) in [7, 11) is -3.24. The third-order valence-electron chi connectivity index (χ3n) is 2.72. The van der Waals surface area contributed by atoms with Crippen molar-refractivity contribution >= 4 is 50.1 Å². The van der Waals surface area contributed by atoms with Crippen molar-refractivity contribution in [1.82, 2.24) is 0 Å². The van der Waals surface area contributed by atoms with E-state index in [1.807, 2.05) is 0 Å². The molecule has 0 saturated heterocycles. The number of halogens is 2. The molecule has 0 bridgehead atoms. The first kappa shape index (κ1) is 16.7. The van der Waals surface area contributed by atoms with E-state index in [-0.39, 0.29) is 15.0 Å². The van der Waals surface area contributed by atoms with Gasteiger partial charge < -0.3 is 10.6 Å². The van der Waals surface area contributed by atoms with E-state index in [1.165, 1.54) is 30.3 Å². The van der Waals surface area contributed by atoms with E-state index in [0.29, 0.717) is 11.4 Å². The Bertz CT molecular complexity index is 808. The molecule has 116 valence electrons. The van der Waals surface area contributed by atoms with Gasteiger partial charge in [-0.25, -0.2) is 12.8 Å². The number of hydrogen-bond acceptors (Lipinski definition) is 3. The van der Waals surface area contributed by atoms with Crippen LogP contribution in [0.25, 0.3) is 0 Å². The highest BCUT2D eigenvalue weighted by Gasteiger charge is 2.07. The zero-order chi connectivity index (χ0) is 16.3. The van der Waals surface area contributed by atoms with Gasteiger partial charge in [-0.15, -0.1) is 0 Å². The predicted molar refractivity (Wildman–Crippen MR) is 90.8 cm³/mol. The summed E-state index contributed by atoms with van der Waals surface area (Å²) >= 11 is 11.0. The summed E-state index contributed by atoms with van der Waals surface area (Å²) in [6.07, 6.45) is 1.14. The van der Waals surface area contributed by atoms with Crippen LogP contribution in [0.15, 0.2) is 47.4 Å². The standard InChI is InChI=1S/C14H12ClFN2O2S2/c1-22(19,20)11-5-3-10(4-6-11)17-14(21)18-13-7-2-9(16)8-12(13)15/h2-8H,1H3,(H2,17,18,21). The maximum atomic E-state index is 13.0. The number of thiocarbonyl (C=S) groups is 1. The summed E-state index contributed by atoms with van der Waals surface area (Å²) in [6.45, 7) is 0. The normalized spacial score (nSPS) is 11.0. The lowest BCUT2D eigenvalue weighted by Crippen LogP contribution is -2.19. The second-order valence-corrected chi connectivity index (χ2v) is 7.33. The topological polar surface area (TPSA) is 58.2 Å². The molecule has 0 spiro atoms. The van der Waals surface area contributed by atoms with E-state index >= 15 is 0 Å². The van der Waals surface area contributed by atoms with Crippen LogP contribution in [0.3, 0.4) is 0 Å². The van der Waals surface area contributed by atoms with E-state index in [1.54, 1.807) is 12.1 Å². The lowest BCUT2D eigenvalue weighted by molar-refractivity contribution is 0.602. The fourth-order valence-electron chi connectivity index (χ4n) is 1.66. The van der Waals surface area contributed by atoms with Crippen LogP contribution in [0.4, 0.5) is 15.8 Å². The van der Waals surface area contributed by atoms with Gasteiger partial charge >= 0.3 is 0 Å². The molecule has 0 saturated carbocycles. The van der Waals surface area contributed by atoms with Gasteiger partial charge in [0.1, 0.15) is 5.82 Å². The molecule has 0 radical (unpaired) electrons. The summed E-state index contributed by atoms with van der Waals surface area (Å²) < 4.78 is 35.7.